The minimum absolute atomic E-state index is 0.0279. The van der Waals surface area contributed by atoms with Gasteiger partial charge in [0, 0.05) is 12.2 Å². The Balaban J connectivity index is 1.94. The molecule has 2 heterocycles. The average molecular weight is 371 g/mol. The lowest BCUT2D eigenvalue weighted by molar-refractivity contribution is -0.685. The first kappa shape index (κ1) is 19.0. The van der Waals surface area contributed by atoms with Crippen LogP contribution in [0.3, 0.4) is 0 Å². The predicted octanol–water partition coefficient (Wildman–Crippen LogP) is 1.78. The van der Waals surface area contributed by atoms with Gasteiger partial charge in [-0.25, -0.2) is 4.57 Å². The minimum Gasteiger partial charge on any atom is -0.493 e. The monoisotopic (exact) mass is 371 g/mol. The van der Waals surface area contributed by atoms with Crippen LogP contribution in [0.15, 0.2) is 24.5 Å². The van der Waals surface area contributed by atoms with E-state index in [1.807, 2.05) is 18.2 Å². The summed E-state index contributed by atoms with van der Waals surface area (Å²) in [7, 11) is 3.28. The molecule has 0 saturated carbocycles. The van der Waals surface area contributed by atoms with Gasteiger partial charge in [-0.05, 0) is 43.5 Å². The summed E-state index contributed by atoms with van der Waals surface area (Å²) in [5, 5.41) is 10.2. The van der Waals surface area contributed by atoms with Crippen molar-refractivity contribution in [3.05, 3.63) is 41.3 Å². The Labute approximate surface area is 159 Å². The van der Waals surface area contributed by atoms with Crippen molar-refractivity contribution >= 4 is 16.9 Å². The van der Waals surface area contributed by atoms with Gasteiger partial charge >= 0.3 is 0 Å². The molecule has 0 fully saturated rings. The number of nitrogens with two attached hydrogens (primary N) is 1. The number of aromatic nitrogens is 3. The second kappa shape index (κ2) is 7.84. The summed E-state index contributed by atoms with van der Waals surface area (Å²) >= 11 is 0. The summed E-state index contributed by atoms with van der Waals surface area (Å²) in [6.07, 6.45) is 2.53. The highest BCUT2D eigenvalue weighted by Crippen LogP contribution is 2.29. The van der Waals surface area contributed by atoms with Crippen LogP contribution in [0.2, 0.25) is 0 Å². The molecule has 0 saturated heterocycles. The maximum atomic E-state index is 9.21. The van der Waals surface area contributed by atoms with Crippen molar-refractivity contribution in [1.29, 1.82) is 0 Å². The average Bonchev–Trinajstić information content (AvgIpc) is 2.93. The number of anilines is 1. The Morgan fingerprint density at radius 2 is 1.93 bits per heavy atom. The van der Waals surface area contributed by atoms with E-state index in [0.717, 1.165) is 52.3 Å². The van der Waals surface area contributed by atoms with Gasteiger partial charge in [0.1, 0.15) is 5.39 Å². The van der Waals surface area contributed by atoms with Crippen LogP contribution in [-0.4, -0.2) is 35.5 Å². The lowest BCUT2D eigenvalue weighted by Crippen LogP contribution is -2.39. The number of fused-ring (bicyclic) bond motifs is 1. The number of aliphatic hydroxyl groups excluding tert-OH is 1. The van der Waals surface area contributed by atoms with E-state index in [4.69, 9.17) is 15.2 Å². The standard InChI is InChI=1S/C20H26N4O3/c1-13-14(2)24(20-18(13)19(21)23(9-10-25)12-22-20)8-7-15-5-6-16(26-3)17(11-15)27-4/h5-6,11-12,21,25H,7-10H2,1-4H3/p+1. The highest BCUT2D eigenvalue weighted by atomic mass is 16.5. The highest BCUT2D eigenvalue weighted by Gasteiger charge is 2.21. The summed E-state index contributed by atoms with van der Waals surface area (Å²) < 4.78 is 14.7. The van der Waals surface area contributed by atoms with Crippen molar-refractivity contribution < 1.29 is 19.1 Å². The van der Waals surface area contributed by atoms with Crippen LogP contribution < -0.4 is 19.8 Å². The molecular formula is C20H27N4O3+. The molecule has 7 heteroatoms. The number of aliphatic hydroxyl groups is 1. The molecule has 3 rings (SSSR count). The fourth-order valence-corrected chi connectivity index (χ4v) is 3.45. The Morgan fingerprint density at radius 1 is 1.19 bits per heavy atom. The Kier molecular flexibility index (Phi) is 5.51. The molecule has 0 atom stereocenters. The molecule has 7 nitrogen and oxygen atoms in total. The molecule has 0 aliphatic heterocycles. The zero-order valence-electron chi connectivity index (χ0n) is 16.3. The third kappa shape index (κ3) is 3.42. The summed E-state index contributed by atoms with van der Waals surface area (Å²) in [5.41, 5.74) is 10.6. The van der Waals surface area contributed by atoms with Crippen LogP contribution in [0.1, 0.15) is 16.8 Å². The maximum absolute atomic E-state index is 9.21. The van der Waals surface area contributed by atoms with Crippen LogP contribution in [0.4, 0.5) is 5.82 Å². The number of methoxy groups -OCH3 is 2. The van der Waals surface area contributed by atoms with E-state index in [1.54, 1.807) is 25.1 Å². The van der Waals surface area contributed by atoms with Gasteiger partial charge in [-0.15, -0.1) is 0 Å². The molecule has 27 heavy (non-hydrogen) atoms. The largest absolute Gasteiger partial charge is 0.493 e. The highest BCUT2D eigenvalue weighted by molar-refractivity contribution is 5.89. The summed E-state index contributed by atoms with van der Waals surface area (Å²) in [5.74, 6) is 2.09. The second-order valence-corrected chi connectivity index (χ2v) is 6.55. The Bertz CT molecular complexity index is 966. The molecule has 144 valence electrons. The molecule has 0 aliphatic carbocycles. The Morgan fingerprint density at radius 3 is 2.59 bits per heavy atom. The van der Waals surface area contributed by atoms with Crippen molar-refractivity contribution in [2.75, 3.05) is 26.6 Å². The normalized spacial score (nSPS) is 11.1. The van der Waals surface area contributed by atoms with Crippen LogP contribution >= 0.6 is 0 Å². The van der Waals surface area contributed by atoms with Crippen molar-refractivity contribution in [2.45, 2.75) is 33.4 Å². The predicted molar refractivity (Wildman–Crippen MR) is 104 cm³/mol. The van der Waals surface area contributed by atoms with Gasteiger partial charge in [0.15, 0.2) is 11.5 Å². The van der Waals surface area contributed by atoms with Gasteiger partial charge in [0.05, 0.1) is 27.4 Å². The number of nitrogen functional groups attached to an aromatic ring is 1. The molecule has 2 aromatic heterocycles. The summed E-state index contributed by atoms with van der Waals surface area (Å²) in [6.45, 7) is 5.39. The van der Waals surface area contributed by atoms with E-state index >= 15 is 0 Å². The quantitative estimate of drug-likeness (QED) is 0.618. The molecule has 0 radical (unpaired) electrons. The molecule has 0 amide bonds. The summed E-state index contributed by atoms with van der Waals surface area (Å²) in [4.78, 5) is 4.61. The summed E-state index contributed by atoms with van der Waals surface area (Å²) in [6, 6.07) is 5.98. The van der Waals surface area contributed by atoms with Crippen LogP contribution in [0, 0.1) is 13.8 Å². The van der Waals surface area contributed by atoms with Gasteiger partial charge in [0.25, 0.3) is 0 Å². The van der Waals surface area contributed by atoms with Gasteiger partial charge in [-0.2, -0.15) is 0 Å². The molecule has 0 unspecified atom stereocenters. The maximum Gasteiger partial charge on any atom is 0.232 e. The number of aryl methyl sites for hydroxylation is 3. The SMILES string of the molecule is COc1ccc(CCn2c(C)c(C)c3c(N)[n+](CCO)cnc32)cc1OC. The first-order chi connectivity index (χ1) is 13.0. The number of ether oxygens (including phenoxy) is 2. The third-order valence-electron chi connectivity index (χ3n) is 5.10. The van der Waals surface area contributed by atoms with Gasteiger partial charge in [0.2, 0.25) is 17.8 Å². The van der Waals surface area contributed by atoms with E-state index in [0.29, 0.717) is 12.4 Å². The van der Waals surface area contributed by atoms with E-state index in [-0.39, 0.29) is 6.61 Å². The van der Waals surface area contributed by atoms with Crippen molar-refractivity contribution in [3.8, 4) is 11.5 Å². The number of nitrogens with zero attached hydrogens (tertiary/aromatic N) is 3. The lowest BCUT2D eigenvalue weighted by Gasteiger charge is -2.11. The zero-order valence-corrected chi connectivity index (χ0v) is 16.3. The van der Waals surface area contributed by atoms with E-state index in [9.17, 15) is 5.11 Å². The second-order valence-electron chi connectivity index (χ2n) is 6.55. The van der Waals surface area contributed by atoms with Gasteiger partial charge in [-0.3, -0.25) is 0 Å². The van der Waals surface area contributed by atoms with Crippen LogP contribution in [0.5, 0.6) is 11.5 Å². The van der Waals surface area contributed by atoms with Gasteiger partial charge < -0.3 is 24.9 Å². The van der Waals surface area contributed by atoms with Crippen molar-refractivity contribution in [3.63, 3.8) is 0 Å². The van der Waals surface area contributed by atoms with E-state index < -0.39 is 0 Å². The lowest BCUT2D eigenvalue weighted by atomic mass is 10.1. The van der Waals surface area contributed by atoms with Crippen LogP contribution in [-0.2, 0) is 19.5 Å². The van der Waals surface area contributed by atoms with Crippen LogP contribution in [0.25, 0.3) is 11.0 Å². The van der Waals surface area contributed by atoms with Gasteiger partial charge in [-0.1, -0.05) is 11.1 Å². The molecule has 3 aromatic rings. The minimum atomic E-state index is 0.0279. The van der Waals surface area contributed by atoms with E-state index in [2.05, 4.69) is 23.4 Å². The molecular weight excluding hydrogens is 344 g/mol. The van der Waals surface area contributed by atoms with Crippen molar-refractivity contribution in [1.82, 2.24) is 9.55 Å². The topological polar surface area (TPSA) is 86.4 Å². The molecule has 0 aliphatic rings. The molecule has 0 bridgehead atoms. The Hall–Kier alpha value is -2.80. The number of hydrogen-bond donors (Lipinski definition) is 2. The molecule has 0 spiro atoms. The molecule has 3 N–H and O–H groups in total. The fourth-order valence-electron chi connectivity index (χ4n) is 3.45. The molecule has 1 aromatic carbocycles. The van der Waals surface area contributed by atoms with E-state index in [1.165, 1.54) is 0 Å². The fraction of sp³-hybridized carbons (Fsp3) is 0.400. The first-order valence-electron chi connectivity index (χ1n) is 8.96. The number of hydrogen-bond acceptors (Lipinski definition) is 5. The first-order valence-corrected chi connectivity index (χ1v) is 8.96. The zero-order chi connectivity index (χ0) is 19.6. The number of benzene rings is 1. The smallest absolute Gasteiger partial charge is 0.232 e. The number of rotatable bonds is 7. The van der Waals surface area contributed by atoms with Crippen molar-refractivity contribution in [2.24, 2.45) is 0 Å². The third-order valence-corrected chi connectivity index (χ3v) is 5.10.